The highest BCUT2D eigenvalue weighted by molar-refractivity contribution is 5.92. The van der Waals surface area contributed by atoms with Crippen molar-refractivity contribution in [1.29, 1.82) is 0 Å². The number of piperidine rings is 1. The van der Waals surface area contributed by atoms with Crippen LogP contribution in [0.4, 0.5) is 11.4 Å². The predicted octanol–water partition coefficient (Wildman–Crippen LogP) is 5.15. The van der Waals surface area contributed by atoms with Crippen molar-refractivity contribution in [2.75, 3.05) is 30.4 Å². The molecule has 4 heteroatoms. The van der Waals surface area contributed by atoms with Crippen LogP contribution in [-0.2, 0) is 16.0 Å². The van der Waals surface area contributed by atoms with Gasteiger partial charge in [0.15, 0.2) is 0 Å². The molecule has 0 bridgehead atoms. The van der Waals surface area contributed by atoms with Gasteiger partial charge in [-0.3, -0.25) is 4.79 Å². The summed E-state index contributed by atoms with van der Waals surface area (Å²) in [5, 5.41) is 3.01. The Kier molecular flexibility index (Phi) is 6.45. The van der Waals surface area contributed by atoms with Crippen molar-refractivity contribution in [2.24, 2.45) is 0 Å². The summed E-state index contributed by atoms with van der Waals surface area (Å²) in [6.07, 6.45) is 2.85. The second-order valence-corrected chi connectivity index (χ2v) is 7.76. The Morgan fingerprint density at radius 1 is 0.900 bits per heavy atom. The molecule has 154 valence electrons. The number of hydrogen-bond acceptors (Lipinski definition) is 3. The van der Waals surface area contributed by atoms with Crippen LogP contribution in [0.15, 0.2) is 78.9 Å². The van der Waals surface area contributed by atoms with Gasteiger partial charge in [0.25, 0.3) is 0 Å². The van der Waals surface area contributed by atoms with Gasteiger partial charge in [-0.05, 0) is 53.8 Å². The molecule has 1 saturated heterocycles. The first-order valence-corrected chi connectivity index (χ1v) is 10.5. The minimum absolute atomic E-state index is 0.00359. The fourth-order valence-electron chi connectivity index (χ4n) is 3.94. The zero-order valence-corrected chi connectivity index (χ0v) is 17.4. The lowest BCUT2D eigenvalue weighted by molar-refractivity contribution is -0.115. The minimum atomic E-state index is -0.00359. The van der Waals surface area contributed by atoms with Crippen molar-refractivity contribution < 1.29 is 9.53 Å². The first-order chi connectivity index (χ1) is 14.7. The van der Waals surface area contributed by atoms with Gasteiger partial charge in [-0.2, -0.15) is 0 Å². The lowest BCUT2D eigenvalue weighted by atomic mass is 10.0. The molecule has 0 spiro atoms. The number of nitrogens with zero attached hydrogens (tertiary/aromatic N) is 1. The van der Waals surface area contributed by atoms with Crippen molar-refractivity contribution in [3.05, 3.63) is 84.4 Å². The fraction of sp³-hybridized carbons (Fsp3) is 0.269. The van der Waals surface area contributed by atoms with E-state index in [0.29, 0.717) is 12.5 Å². The number of rotatable bonds is 6. The summed E-state index contributed by atoms with van der Waals surface area (Å²) in [5.74, 6) is -0.00359. The summed E-state index contributed by atoms with van der Waals surface area (Å²) in [7, 11) is 1.79. The van der Waals surface area contributed by atoms with Crippen molar-refractivity contribution in [3.8, 4) is 11.1 Å². The average molecular weight is 401 g/mol. The van der Waals surface area contributed by atoms with Crippen molar-refractivity contribution in [2.45, 2.75) is 25.4 Å². The van der Waals surface area contributed by atoms with Crippen LogP contribution in [0.3, 0.4) is 0 Å². The van der Waals surface area contributed by atoms with Gasteiger partial charge in [0.1, 0.15) is 0 Å². The molecule has 4 nitrogen and oxygen atoms in total. The Labute approximate surface area is 178 Å². The first-order valence-electron chi connectivity index (χ1n) is 10.5. The Morgan fingerprint density at radius 2 is 1.53 bits per heavy atom. The van der Waals surface area contributed by atoms with E-state index < -0.39 is 0 Å². The van der Waals surface area contributed by atoms with E-state index >= 15 is 0 Å². The molecule has 1 aliphatic rings. The van der Waals surface area contributed by atoms with Crippen LogP contribution < -0.4 is 10.2 Å². The topological polar surface area (TPSA) is 41.6 Å². The van der Waals surface area contributed by atoms with Gasteiger partial charge in [-0.25, -0.2) is 0 Å². The summed E-state index contributed by atoms with van der Waals surface area (Å²) >= 11 is 0. The third kappa shape index (κ3) is 5.08. The molecule has 0 saturated carbocycles. The van der Waals surface area contributed by atoms with E-state index in [1.54, 1.807) is 7.11 Å². The van der Waals surface area contributed by atoms with Gasteiger partial charge in [0.05, 0.1) is 12.5 Å². The molecule has 4 rings (SSSR count). The maximum Gasteiger partial charge on any atom is 0.228 e. The summed E-state index contributed by atoms with van der Waals surface area (Å²) in [4.78, 5) is 14.8. The standard InChI is InChI=1S/C26H28N2O2/c1-30-25-15-17-28(18-16-25)24-13-11-23(12-14-24)27-26(29)19-20-7-9-22(10-8-20)21-5-3-2-4-6-21/h2-14,25H,15-19H2,1H3,(H,27,29). The summed E-state index contributed by atoms with van der Waals surface area (Å²) in [6.45, 7) is 2.01. The van der Waals surface area contributed by atoms with Crippen molar-refractivity contribution >= 4 is 17.3 Å². The van der Waals surface area contributed by atoms with E-state index in [1.807, 2.05) is 42.5 Å². The van der Waals surface area contributed by atoms with E-state index in [1.165, 1.54) is 11.3 Å². The Hall–Kier alpha value is -3.11. The number of ether oxygens (including phenoxy) is 1. The largest absolute Gasteiger partial charge is 0.381 e. The molecule has 1 N–H and O–H groups in total. The van der Waals surface area contributed by atoms with Gasteiger partial charge >= 0.3 is 0 Å². The predicted molar refractivity (Wildman–Crippen MR) is 123 cm³/mol. The summed E-state index contributed by atoms with van der Waals surface area (Å²) < 4.78 is 5.44. The van der Waals surface area contributed by atoms with Crippen LogP contribution in [0, 0.1) is 0 Å². The van der Waals surface area contributed by atoms with Crippen LogP contribution in [0.5, 0.6) is 0 Å². The number of methoxy groups -OCH3 is 1. The molecule has 1 aliphatic heterocycles. The molecule has 1 amide bonds. The van der Waals surface area contributed by atoms with E-state index in [-0.39, 0.29) is 5.91 Å². The third-order valence-electron chi connectivity index (χ3n) is 5.72. The lowest BCUT2D eigenvalue weighted by Crippen LogP contribution is -2.36. The summed E-state index contributed by atoms with van der Waals surface area (Å²) in [5.41, 5.74) is 5.37. The highest BCUT2D eigenvalue weighted by Gasteiger charge is 2.18. The Balaban J connectivity index is 1.31. The Morgan fingerprint density at radius 3 is 2.17 bits per heavy atom. The van der Waals surface area contributed by atoms with E-state index in [0.717, 1.165) is 42.7 Å². The van der Waals surface area contributed by atoms with Crippen LogP contribution >= 0.6 is 0 Å². The van der Waals surface area contributed by atoms with Gasteiger partial charge in [0, 0.05) is 31.6 Å². The molecule has 0 aliphatic carbocycles. The van der Waals surface area contributed by atoms with E-state index in [2.05, 4.69) is 46.6 Å². The van der Waals surface area contributed by atoms with E-state index in [4.69, 9.17) is 4.74 Å². The van der Waals surface area contributed by atoms with Crippen LogP contribution in [0.1, 0.15) is 18.4 Å². The summed E-state index contributed by atoms with van der Waals surface area (Å²) in [6, 6.07) is 26.6. The number of hydrogen-bond donors (Lipinski definition) is 1. The zero-order chi connectivity index (χ0) is 20.8. The molecule has 0 radical (unpaired) electrons. The van der Waals surface area contributed by atoms with Crippen molar-refractivity contribution in [1.82, 2.24) is 0 Å². The van der Waals surface area contributed by atoms with Crippen molar-refractivity contribution in [3.63, 3.8) is 0 Å². The van der Waals surface area contributed by atoms with Crippen LogP contribution in [0.25, 0.3) is 11.1 Å². The fourth-order valence-corrected chi connectivity index (χ4v) is 3.94. The lowest BCUT2D eigenvalue weighted by Gasteiger charge is -2.33. The Bertz CT molecular complexity index is 945. The molecule has 0 unspecified atom stereocenters. The maximum atomic E-state index is 12.5. The van der Waals surface area contributed by atoms with Crippen LogP contribution in [0.2, 0.25) is 0 Å². The first kappa shape index (κ1) is 20.2. The molecule has 30 heavy (non-hydrogen) atoms. The number of anilines is 2. The monoisotopic (exact) mass is 400 g/mol. The zero-order valence-electron chi connectivity index (χ0n) is 17.4. The molecule has 0 atom stereocenters. The van der Waals surface area contributed by atoms with Crippen LogP contribution in [-0.4, -0.2) is 32.2 Å². The smallest absolute Gasteiger partial charge is 0.228 e. The maximum absolute atomic E-state index is 12.5. The normalized spacial score (nSPS) is 14.5. The highest BCUT2D eigenvalue weighted by atomic mass is 16.5. The van der Waals surface area contributed by atoms with Gasteiger partial charge in [-0.15, -0.1) is 0 Å². The molecule has 3 aromatic rings. The molecular formula is C26H28N2O2. The molecule has 1 heterocycles. The highest BCUT2D eigenvalue weighted by Crippen LogP contribution is 2.23. The van der Waals surface area contributed by atoms with Gasteiger partial charge in [0.2, 0.25) is 5.91 Å². The second-order valence-electron chi connectivity index (χ2n) is 7.76. The quantitative estimate of drug-likeness (QED) is 0.622. The molecule has 3 aromatic carbocycles. The number of benzene rings is 3. The molecule has 0 aromatic heterocycles. The van der Waals surface area contributed by atoms with Gasteiger partial charge < -0.3 is 15.0 Å². The second kappa shape index (κ2) is 9.59. The minimum Gasteiger partial charge on any atom is -0.381 e. The SMILES string of the molecule is COC1CCN(c2ccc(NC(=O)Cc3ccc(-c4ccccc4)cc3)cc2)CC1. The number of carbonyl (C=O) groups is 1. The molecule has 1 fully saturated rings. The third-order valence-corrected chi connectivity index (χ3v) is 5.72. The number of amides is 1. The average Bonchev–Trinajstić information content (AvgIpc) is 2.81. The number of carbonyl (C=O) groups excluding carboxylic acids is 1. The van der Waals surface area contributed by atoms with Gasteiger partial charge in [-0.1, -0.05) is 54.6 Å². The van der Waals surface area contributed by atoms with E-state index in [9.17, 15) is 4.79 Å². The number of nitrogens with one attached hydrogen (secondary N) is 1. The molecular weight excluding hydrogens is 372 g/mol.